The van der Waals surface area contributed by atoms with Crippen molar-refractivity contribution in [1.82, 2.24) is 9.97 Å². The lowest BCUT2D eigenvalue weighted by Gasteiger charge is -2.05. The minimum absolute atomic E-state index is 0.190. The molecule has 0 radical (unpaired) electrons. The second-order valence-electron chi connectivity index (χ2n) is 2.95. The Balaban J connectivity index is 2.74. The molecule has 0 aromatic carbocycles. The average Bonchev–Trinajstić information content (AvgIpc) is 2.20. The smallest absolute Gasteiger partial charge is 0.273 e. The van der Waals surface area contributed by atoms with Crippen LogP contribution in [-0.4, -0.2) is 27.6 Å². The number of carbonyl (C=O) groups excluding carboxylic acids is 1. The van der Waals surface area contributed by atoms with Crippen LogP contribution in [-0.2, 0) is 0 Å². The molecule has 6 nitrogen and oxygen atoms in total. The van der Waals surface area contributed by atoms with E-state index in [2.05, 4.69) is 9.97 Å². The van der Waals surface area contributed by atoms with Crippen LogP contribution >= 0.6 is 0 Å². The summed E-state index contributed by atoms with van der Waals surface area (Å²) in [5.41, 5.74) is 4.71. The maximum Gasteiger partial charge on any atom is 0.273 e. The molecule has 82 valence electrons. The summed E-state index contributed by atoms with van der Waals surface area (Å²) in [6.45, 7) is 2.52. The number of rotatable bonds is 5. The molecule has 0 saturated heterocycles. The second kappa shape index (κ2) is 5.14. The van der Waals surface area contributed by atoms with E-state index in [-0.39, 0.29) is 11.6 Å². The fourth-order valence-electron chi connectivity index (χ4n) is 0.922. The summed E-state index contributed by atoms with van der Waals surface area (Å²) in [5, 5.41) is 9.15. The number of aromatic hydroxyl groups is 1. The third-order valence-electron chi connectivity index (χ3n) is 1.71. The van der Waals surface area contributed by atoms with E-state index in [9.17, 15) is 4.79 Å². The van der Waals surface area contributed by atoms with E-state index >= 15 is 0 Å². The van der Waals surface area contributed by atoms with Gasteiger partial charge in [0.05, 0.1) is 12.8 Å². The maximum absolute atomic E-state index is 10.8. The van der Waals surface area contributed by atoms with E-state index in [0.717, 1.165) is 12.8 Å². The van der Waals surface area contributed by atoms with Crippen LogP contribution in [0.4, 0.5) is 0 Å². The standard InChI is InChI=1S/C9H13N3O3/c1-2-3-4-15-6-5-11-9(14)7(12-6)8(10)13/h5H,2-4H2,1H3,(H2,10,13)(H,11,14). The summed E-state index contributed by atoms with van der Waals surface area (Å²) in [6.07, 6.45) is 3.13. The molecule has 1 heterocycles. The molecule has 1 rings (SSSR count). The molecule has 15 heavy (non-hydrogen) atoms. The fourth-order valence-corrected chi connectivity index (χ4v) is 0.922. The van der Waals surface area contributed by atoms with Crippen molar-refractivity contribution in [3.05, 3.63) is 11.9 Å². The van der Waals surface area contributed by atoms with Crippen LogP contribution in [0.1, 0.15) is 30.3 Å². The van der Waals surface area contributed by atoms with E-state index in [1.807, 2.05) is 6.92 Å². The van der Waals surface area contributed by atoms with Gasteiger partial charge in [0.2, 0.25) is 11.8 Å². The number of hydrogen-bond donors (Lipinski definition) is 2. The Hall–Kier alpha value is -1.85. The monoisotopic (exact) mass is 211 g/mol. The molecule has 0 saturated carbocycles. The minimum atomic E-state index is -0.832. The molecule has 0 unspecified atom stereocenters. The molecule has 0 bridgehead atoms. The van der Waals surface area contributed by atoms with Crippen molar-refractivity contribution in [2.24, 2.45) is 5.73 Å². The van der Waals surface area contributed by atoms with Gasteiger partial charge in [-0.3, -0.25) is 4.79 Å². The average molecular weight is 211 g/mol. The third kappa shape index (κ3) is 3.08. The van der Waals surface area contributed by atoms with Gasteiger partial charge in [-0.2, -0.15) is 0 Å². The van der Waals surface area contributed by atoms with Crippen molar-refractivity contribution in [3.63, 3.8) is 0 Å². The number of aromatic nitrogens is 2. The highest BCUT2D eigenvalue weighted by atomic mass is 16.5. The van der Waals surface area contributed by atoms with E-state index < -0.39 is 11.8 Å². The Kier molecular flexibility index (Phi) is 3.84. The van der Waals surface area contributed by atoms with Gasteiger partial charge in [0.1, 0.15) is 0 Å². The number of nitrogens with two attached hydrogens (primary N) is 1. The first-order chi connectivity index (χ1) is 7.15. The summed E-state index contributed by atoms with van der Waals surface area (Å²) in [5.74, 6) is -1.12. The van der Waals surface area contributed by atoms with Crippen LogP contribution in [0.2, 0.25) is 0 Å². The zero-order valence-corrected chi connectivity index (χ0v) is 8.43. The quantitative estimate of drug-likeness (QED) is 0.689. The fraction of sp³-hybridized carbons (Fsp3) is 0.444. The van der Waals surface area contributed by atoms with Gasteiger partial charge in [0.15, 0.2) is 5.69 Å². The van der Waals surface area contributed by atoms with Crippen LogP contribution in [0.5, 0.6) is 11.8 Å². The zero-order chi connectivity index (χ0) is 11.3. The van der Waals surface area contributed by atoms with Gasteiger partial charge in [-0.1, -0.05) is 13.3 Å². The molecule has 1 amide bonds. The normalized spacial score (nSPS) is 9.93. The molecule has 0 fully saturated rings. The minimum Gasteiger partial charge on any atom is -0.492 e. The van der Waals surface area contributed by atoms with E-state index in [1.165, 1.54) is 6.20 Å². The van der Waals surface area contributed by atoms with Crippen molar-refractivity contribution in [3.8, 4) is 11.8 Å². The predicted octanol–water partition coefficient (Wildman–Crippen LogP) is 0.460. The SMILES string of the molecule is CCCCOc1cnc(O)c(C(N)=O)n1. The number of nitrogens with zero attached hydrogens (tertiary/aromatic N) is 2. The summed E-state index contributed by atoms with van der Waals surface area (Å²) in [7, 11) is 0. The van der Waals surface area contributed by atoms with Gasteiger partial charge in [-0.15, -0.1) is 0 Å². The highest BCUT2D eigenvalue weighted by Crippen LogP contribution is 2.14. The lowest BCUT2D eigenvalue weighted by atomic mass is 10.4. The first kappa shape index (κ1) is 11.2. The number of amides is 1. The highest BCUT2D eigenvalue weighted by Gasteiger charge is 2.12. The Bertz CT molecular complexity index is 354. The second-order valence-corrected chi connectivity index (χ2v) is 2.95. The van der Waals surface area contributed by atoms with E-state index in [0.29, 0.717) is 6.61 Å². The van der Waals surface area contributed by atoms with E-state index in [1.54, 1.807) is 0 Å². The number of hydrogen-bond acceptors (Lipinski definition) is 5. The lowest BCUT2D eigenvalue weighted by molar-refractivity contribution is 0.0990. The molecule has 1 aromatic rings. The highest BCUT2D eigenvalue weighted by molar-refractivity contribution is 5.92. The maximum atomic E-state index is 10.8. The van der Waals surface area contributed by atoms with Gasteiger partial charge in [0, 0.05) is 0 Å². The molecule has 3 N–H and O–H groups in total. The van der Waals surface area contributed by atoms with Crippen molar-refractivity contribution in [1.29, 1.82) is 0 Å². The summed E-state index contributed by atoms with van der Waals surface area (Å²) < 4.78 is 5.20. The number of carbonyl (C=O) groups is 1. The Labute approximate surface area is 87.1 Å². The molecule has 0 atom stereocenters. The third-order valence-corrected chi connectivity index (χ3v) is 1.71. The van der Waals surface area contributed by atoms with Crippen molar-refractivity contribution in [2.75, 3.05) is 6.61 Å². The van der Waals surface area contributed by atoms with Gasteiger partial charge in [-0.05, 0) is 6.42 Å². The van der Waals surface area contributed by atoms with Crippen LogP contribution in [0.15, 0.2) is 6.20 Å². The molecule has 0 aliphatic carbocycles. The van der Waals surface area contributed by atoms with Gasteiger partial charge in [-0.25, -0.2) is 9.97 Å². The van der Waals surface area contributed by atoms with Crippen LogP contribution in [0, 0.1) is 0 Å². The number of ether oxygens (including phenoxy) is 1. The molecule has 0 aliphatic heterocycles. The molecule has 1 aromatic heterocycles. The summed E-state index contributed by atoms with van der Waals surface area (Å²) in [6, 6.07) is 0. The summed E-state index contributed by atoms with van der Waals surface area (Å²) >= 11 is 0. The number of unbranched alkanes of at least 4 members (excludes halogenated alkanes) is 1. The van der Waals surface area contributed by atoms with Crippen molar-refractivity contribution >= 4 is 5.91 Å². The Morgan fingerprint density at radius 2 is 2.40 bits per heavy atom. The first-order valence-corrected chi connectivity index (χ1v) is 4.63. The molecule has 0 aliphatic rings. The lowest BCUT2D eigenvalue weighted by Crippen LogP contribution is -2.14. The molecule has 6 heteroatoms. The number of primary amides is 1. The Morgan fingerprint density at radius 3 is 3.00 bits per heavy atom. The van der Waals surface area contributed by atoms with Gasteiger partial charge in [0.25, 0.3) is 5.91 Å². The van der Waals surface area contributed by atoms with Gasteiger partial charge >= 0.3 is 0 Å². The molecular formula is C9H13N3O3. The van der Waals surface area contributed by atoms with Crippen LogP contribution < -0.4 is 10.5 Å². The largest absolute Gasteiger partial charge is 0.492 e. The van der Waals surface area contributed by atoms with Crippen LogP contribution in [0.3, 0.4) is 0 Å². The van der Waals surface area contributed by atoms with Gasteiger partial charge < -0.3 is 15.6 Å². The molecule has 0 spiro atoms. The van der Waals surface area contributed by atoms with Crippen LogP contribution in [0.25, 0.3) is 0 Å². The van der Waals surface area contributed by atoms with Crippen molar-refractivity contribution in [2.45, 2.75) is 19.8 Å². The summed E-state index contributed by atoms with van der Waals surface area (Å²) in [4.78, 5) is 18.1. The Morgan fingerprint density at radius 1 is 1.67 bits per heavy atom. The predicted molar refractivity (Wildman–Crippen MR) is 52.6 cm³/mol. The first-order valence-electron chi connectivity index (χ1n) is 4.63. The topological polar surface area (TPSA) is 98.3 Å². The van der Waals surface area contributed by atoms with E-state index in [4.69, 9.17) is 15.6 Å². The zero-order valence-electron chi connectivity index (χ0n) is 8.43. The molecular weight excluding hydrogens is 198 g/mol. The van der Waals surface area contributed by atoms with Crippen molar-refractivity contribution < 1.29 is 14.6 Å².